The van der Waals surface area contributed by atoms with Gasteiger partial charge in [0.05, 0.1) is 35.4 Å². The zero-order valence-electron chi connectivity index (χ0n) is 37.3. The lowest BCUT2D eigenvalue weighted by molar-refractivity contribution is 0.414. The molecule has 0 aliphatic carbocycles. The fraction of sp³-hybridized carbons (Fsp3) is 0.111. The molecule has 0 fully saturated rings. The summed E-state index contributed by atoms with van der Waals surface area (Å²) in [6, 6.07) is 49.4. The zero-order chi connectivity index (χ0) is 47.6. The van der Waals surface area contributed by atoms with Gasteiger partial charge in [-0.05, 0) is 168 Å². The number of aryl methyl sites for hydroxylation is 2. The molecule has 0 saturated carbocycles. The van der Waals surface area contributed by atoms with Crippen LogP contribution in [0.3, 0.4) is 0 Å². The predicted octanol–water partition coefficient (Wildman–Crippen LogP) is 16.0. The summed E-state index contributed by atoms with van der Waals surface area (Å²) < 4.78 is 16.9. The van der Waals surface area contributed by atoms with Crippen LogP contribution in [0.4, 0.5) is 11.6 Å². The molecule has 12 rings (SSSR count). The predicted molar refractivity (Wildman–Crippen MR) is 300 cm³/mol. The first-order chi connectivity index (χ1) is 34.2. The van der Waals surface area contributed by atoms with Crippen molar-refractivity contribution in [3.63, 3.8) is 0 Å². The van der Waals surface area contributed by atoms with Crippen LogP contribution < -0.4 is 19.3 Å². The number of nitrogens with zero attached hydrogens (tertiary/aromatic N) is 6. The SMILES string of the molecule is COc1ccc(C2=CSC3=NC(c4ccc(Cl)cc4)c4sc(=S)n(-c5ccc(CCc6ccc(-n7c8c(sc7=S)C(c7ccc(Cl)cc7)N=C7SC=C(c9ccc(OC)cc9)N78)cc6)cc5)c4N23)cc1. The second-order valence-electron chi connectivity index (χ2n) is 16.7. The fourth-order valence-corrected chi connectivity index (χ4v) is 14.2. The van der Waals surface area contributed by atoms with E-state index in [1.54, 1.807) is 60.4 Å². The summed E-state index contributed by atoms with van der Waals surface area (Å²) in [4.78, 5) is 17.3. The number of hydrogen-bond acceptors (Lipinski definition) is 12. The third-order valence-electron chi connectivity index (χ3n) is 12.7. The maximum absolute atomic E-state index is 6.35. The lowest BCUT2D eigenvalue weighted by Crippen LogP contribution is -2.30. The molecule has 0 bridgehead atoms. The molecule has 70 heavy (non-hydrogen) atoms. The first-order valence-corrected chi connectivity index (χ1v) is 27.2. The molecule has 16 heteroatoms. The van der Waals surface area contributed by atoms with Crippen molar-refractivity contribution in [1.29, 1.82) is 0 Å². The Balaban J connectivity index is 0.827. The molecule has 4 aliphatic heterocycles. The van der Waals surface area contributed by atoms with E-state index in [0.29, 0.717) is 10.0 Å². The molecule has 2 aromatic heterocycles. The lowest BCUT2D eigenvalue weighted by Gasteiger charge is -2.31. The molecular weight excluding hydrogens is 1030 g/mol. The molecule has 0 amide bonds. The lowest BCUT2D eigenvalue weighted by atomic mass is 10.0. The molecule has 8 nitrogen and oxygen atoms in total. The molecule has 6 aromatic carbocycles. The Labute approximate surface area is 441 Å². The third kappa shape index (κ3) is 8.17. The number of halogens is 2. The van der Waals surface area contributed by atoms with Crippen molar-refractivity contribution in [3.05, 3.63) is 217 Å². The Kier molecular flexibility index (Phi) is 12.2. The highest BCUT2D eigenvalue weighted by molar-refractivity contribution is 8.17. The van der Waals surface area contributed by atoms with Crippen LogP contribution in [-0.2, 0) is 12.8 Å². The molecule has 0 N–H and O–H groups in total. The van der Waals surface area contributed by atoms with Gasteiger partial charge in [-0.2, -0.15) is 0 Å². The third-order valence-corrected chi connectivity index (χ3v) is 17.7. The summed E-state index contributed by atoms with van der Waals surface area (Å²) in [7, 11) is 3.37. The molecule has 2 unspecified atom stereocenters. The number of amidine groups is 2. The van der Waals surface area contributed by atoms with E-state index in [0.717, 1.165) is 109 Å². The van der Waals surface area contributed by atoms with Gasteiger partial charge < -0.3 is 9.47 Å². The summed E-state index contributed by atoms with van der Waals surface area (Å²) >= 11 is 31.6. The molecule has 6 heterocycles. The van der Waals surface area contributed by atoms with Crippen LogP contribution in [0.5, 0.6) is 11.5 Å². The molecular formula is C54H38Cl2N6O2S6. The van der Waals surface area contributed by atoms with Crippen molar-refractivity contribution >= 4 is 127 Å². The second-order valence-corrected chi connectivity index (χ2v) is 22.6. The molecule has 0 radical (unpaired) electrons. The van der Waals surface area contributed by atoms with Gasteiger partial charge in [0.1, 0.15) is 35.2 Å². The summed E-state index contributed by atoms with van der Waals surface area (Å²) in [6.07, 6.45) is 1.73. The highest BCUT2D eigenvalue weighted by atomic mass is 35.5. The Morgan fingerprint density at radius 1 is 0.500 bits per heavy atom. The number of aromatic nitrogens is 2. The van der Waals surface area contributed by atoms with E-state index in [-0.39, 0.29) is 12.1 Å². The van der Waals surface area contributed by atoms with Gasteiger partial charge in [-0.1, -0.05) is 95.3 Å². The minimum atomic E-state index is -0.222. The van der Waals surface area contributed by atoms with Gasteiger partial charge >= 0.3 is 0 Å². The van der Waals surface area contributed by atoms with E-state index in [1.807, 2.05) is 48.5 Å². The summed E-state index contributed by atoms with van der Waals surface area (Å²) in [5.41, 5.74) is 10.8. The highest BCUT2D eigenvalue weighted by Crippen LogP contribution is 2.52. The number of ether oxygens (including phenoxy) is 2. The van der Waals surface area contributed by atoms with E-state index in [1.165, 1.54) is 11.1 Å². The Bertz CT molecular complexity index is 3340. The van der Waals surface area contributed by atoms with Crippen LogP contribution in [0.15, 0.2) is 166 Å². The van der Waals surface area contributed by atoms with Gasteiger partial charge in [0.2, 0.25) is 0 Å². The van der Waals surface area contributed by atoms with Gasteiger partial charge in [0.15, 0.2) is 18.2 Å². The van der Waals surface area contributed by atoms with Gasteiger partial charge in [-0.3, -0.25) is 18.9 Å². The quantitative estimate of drug-likeness (QED) is 0.119. The van der Waals surface area contributed by atoms with Crippen molar-refractivity contribution < 1.29 is 9.47 Å². The van der Waals surface area contributed by atoms with E-state index in [2.05, 4.69) is 127 Å². The van der Waals surface area contributed by atoms with E-state index >= 15 is 0 Å². The number of thiazole rings is 2. The molecule has 2 atom stereocenters. The Morgan fingerprint density at radius 2 is 0.871 bits per heavy atom. The molecule has 346 valence electrons. The van der Waals surface area contributed by atoms with Crippen LogP contribution in [0.2, 0.25) is 10.0 Å². The summed E-state index contributed by atoms with van der Waals surface area (Å²) in [5, 5.41) is 7.52. The van der Waals surface area contributed by atoms with Crippen LogP contribution in [0.25, 0.3) is 22.8 Å². The maximum atomic E-state index is 6.35. The number of thioether (sulfide) groups is 2. The minimum absolute atomic E-state index is 0.222. The first kappa shape index (κ1) is 45.5. The number of methoxy groups -OCH3 is 2. The molecule has 4 aliphatic rings. The fourth-order valence-electron chi connectivity index (χ4n) is 9.13. The van der Waals surface area contributed by atoms with Crippen LogP contribution in [0.1, 0.15) is 55.2 Å². The standard InChI is InChI=1S/C54H38Cl2N6O2S6/c1-63-41-25-13-33(14-26-41)43-29-67-51-57-45(35-9-17-37(55)18-10-35)47-49(61(43)51)59(53(65)69-47)39-21-5-31(6-22-39)3-4-32-7-23-40(24-8-32)60-50-48(70-54(60)66)46(36-11-19-38(56)20-12-36)58-52-62(50)44(30-68-52)34-15-27-42(64-2)28-16-34/h5-30,45-46H,3-4H2,1-2H3. The first-order valence-electron chi connectivity index (χ1n) is 22.2. The summed E-state index contributed by atoms with van der Waals surface area (Å²) in [6.45, 7) is 0. The van der Waals surface area contributed by atoms with E-state index < -0.39 is 0 Å². The van der Waals surface area contributed by atoms with Crippen molar-refractivity contribution in [3.8, 4) is 22.9 Å². The number of hydrogen-bond donors (Lipinski definition) is 0. The monoisotopic (exact) mass is 1060 g/mol. The van der Waals surface area contributed by atoms with Gasteiger partial charge in [0.25, 0.3) is 0 Å². The highest BCUT2D eigenvalue weighted by Gasteiger charge is 2.40. The van der Waals surface area contributed by atoms with Crippen molar-refractivity contribution in [2.75, 3.05) is 24.0 Å². The molecule has 0 saturated heterocycles. The van der Waals surface area contributed by atoms with Crippen LogP contribution >= 0.6 is 93.8 Å². The number of fused-ring (bicyclic) bond motifs is 6. The Morgan fingerprint density at radius 3 is 1.23 bits per heavy atom. The van der Waals surface area contributed by atoms with Gasteiger partial charge in [-0.15, -0.1) is 22.7 Å². The average Bonchev–Trinajstić information content (AvgIpc) is 4.19. The second kappa shape index (κ2) is 18.8. The van der Waals surface area contributed by atoms with Crippen LogP contribution in [0, 0.1) is 7.91 Å². The normalized spacial score (nSPS) is 16.7. The van der Waals surface area contributed by atoms with Gasteiger partial charge in [-0.25, -0.2) is 9.98 Å². The van der Waals surface area contributed by atoms with Crippen LogP contribution in [-0.4, -0.2) is 33.7 Å². The number of anilines is 2. The molecule has 0 spiro atoms. The van der Waals surface area contributed by atoms with Crippen molar-refractivity contribution in [2.24, 2.45) is 9.98 Å². The molecule has 8 aromatic rings. The van der Waals surface area contributed by atoms with E-state index in [9.17, 15) is 0 Å². The zero-order valence-corrected chi connectivity index (χ0v) is 43.7. The number of benzene rings is 6. The minimum Gasteiger partial charge on any atom is -0.497 e. The number of rotatable bonds is 11. The van der Waals surface area contributed by atoms with Gasteiger partial charge in [0, 0.05) is 32.2 Å². The topological polar surface area (TPSA) is 59.5 Å². The largest absolute Gasteiger partial charge is 0.497 e. The smallest absolute Gasteiger partial charge is 0.174 e. The van der Waals surface area contributed by atoms with Crippen molar-refractivity contribution in [2.45, 2.75) is 24.9 Å². The van der Waals surface area contributed by atoms with Crippen molar-refractivity contribution in [1.82, 2.24) is 9.13 Å². The maximum Gasteiger partial charge on any atom is 0.174 e. The Hall–Kier alpha value is -5.68. The number of aliphatic imine (C=N–C) groups is 2. The average molecular weight is 1070 g/mol. The van der Waals surface area contributed by atoms with E-state index in [4.69, 9.17) is 67.1 Å². The summed E-state index contributed by atoms with van der Waals surface area (Å²) in [5.74, 6) is 3.63.